The molecule has 0 amide bonds. The highest BCUT2D eigenvalue weighted by Crippen LogP contribution is 2.54. The summed E-state index contributed by atoms with van der Waals surface area (Å²) in [5, 5.41) is -0.0115. The Labute approximate surface area is 464 Å². The molecule has 14 nitrogen and oxygen atoms in total. The Morgan fingerprint density at radius 1 is 0.842 bits per heavy atom. The third-order valence-electron chi connectivity index (χ3n) is 18.7. The molecule has 0 N–H and O–H groups in total. The standard InChI is InChI=1S/C59H91BrO14Si2/c1-35-27-40(21-18-26-61)66-46(37(35)3)32-47-44(50(64-10)48(69-47)31-43(74-76(13,14)58(7,8)9)34-65-75(11,12)57(4,5)6)30-39(62)29-41-22-23-45-51(67-41)55-54-53(70-45)52-49(71-54)33-59(72-52,73-55)25-24-42(28-36(2)60)68-56(63)38-19-16-15-17-20-38/h15-17,19-20,26,35,40-55H,2-3,18,21-25,27-34H2,1,4-14H3/t35-,40+,41-,42+,43?,44?,45+,46?,47+,48-,49?,50-,51+,52+,53+,54-,55+,59+/m1/s1. The van der Waals surface area contributed by atoms with Gasteiger partial charge in [0.2, 0.25) is 0 Å². The van der Waals surface area contributed by atoms with E-state index in [1.54, 1.807) is 19.2 Å². The molecule has 426 valence electrons. The lowest BCUT2D eigenvalue weighted by Crippen LogP contribution is -2.61. The maximum absolute atomic E-state index is 14.8. The fraction of sp³-hybridized carbons (Fsp3) is 0.780. The van der Waals surface area contributed by atoms with Crippen molar-refractivity contribution < 1.29 is 65.9 Å². The molecule has 76 heavy (non-hydrogen) atoms. The molecular weight excluding hydrogens is 1070 g/mol. The number of hydrogen-bond acceptors (Lipinski definition) is 14. The van der Waals surface area contributed by atoms with Crippen LogP contribution in [0.1, 0.15) is 142 Å². The minimum atomic E-state index is -2.27. The molecule has 8 aliphatic rings. The van der Waals surface area contributed by atoms with Crippen LogP contribution in [0, 0.1) is 11.8 Å². The highest BCUT2D eigenvalue weighted by Gasteiger charge is 2.69. The van der Waals surface area contributed by atoms with Crippen LogP contribution in [0.15, 0.2) is 53.5 Å². The number of methoxy groups -OCH3 is 1. The fourth-order valence-electron chi connectivity index (χ4n) is 12.4. The van der Waals surface area contributed by atoms with Crippen molar-refractivity contribution in [1.29, 1.82) is 0 Å². The summed E-state index contributed by atoms with van der Waals surface area (Å²) in [6.07, 6.45) is 2.60. The van der Waals surface area contributed by atoms with Gasteiger partial charge in [0.25, 0.3) is 0 Å². The number of ketones is 1. The number of fused-ring (bicyclic) bond motifs is 1. The molecule has 6 bridgehead atoms. The van der Waals surface area contributed by atoms with Crippen molar-refractivity contribution in [3.63, 3.8) is 0 Å². The van der Waals surface area contributed by atoms with Gasteiger partial charge in [-0.1, -0.05) is 95.8 Å². The summed E-state index contributed by atoms with van der Waals surface area (Å²) in [5.41, 5.74) is 1.49. The van der Waals surface area contributed by atoms with Gasteiger partial charge in [-0.2, -0.15) is 0 Å². The first kappa shape index (κ1) is 60.1. The molecule has 8 aliphatic heterocycles. The Morgan fingerprint density at radius 2 is 1.53 bits per heavy atom. The largest absolute Gasteiger partial charge is 0.458 e. The number of hydrogen-bond donors (Lipinski definition) is 0. The Hall–Kier alpha value is -1.98. The topological polar surface area (TPSA) is 153 Å². The number of rotatable bonds is 24. The molecule has 0 aliphatic carbocycles. The lowest BCUT2D eigenvalue weighted by Gasteiger charge is -2.47. The average Bonchev–Trinajstić information content (AvgIpc) is 3.92. The van der Waals surface area contributed by atoms with E-state index < -0.39 is 52.8 Å². The van der Waals surface area contributed by atoms with Gasteiger partial charge in [-0.25, -0.2) is 4.79 Å². The quantitative estimate of drug-likeness (QED) is 0.0417. The monoisotopic (exact) mass is 1160 g/mol. The second-order valence-corrected chi connectivity index (χ2v) is 37.0. The predicted molar refractivity (Wildman–Crippen MR) is 298 cm³/mol. The van der Waals surface area contributed by atoms with E-state index in [1.807, 2.05) is 18.2 Å². The normalized spacial score (nSPS) is 36.1. The zero-order chi connectivity index (χ0) is 55.1. The zero-order valence-electron chi connectivity index (χ0n) is 47.7. The number of benzene rings is 1. The van der Waals surface area contributed by atoms with E-state index in [0.29, 0.717) is 76.4 Å². The molecule has 0 radical (unpaired) electrons. The number of carbonyl (C=O) groups is 3. The summed E-state index contributed by atoms with van der Waals surface area (Å²) < 4.78 is 75.6. The molecule has 0 aromatic heterocycles. The van der Waals surface area contributed by atoms with E-state index in [-0.39, 0.29) is 108 Å². The van der Waals surface area contributed by atoms with Gasteiger partial charge in [-0.05, 0) is 96.5 Å². The van der Waals surface area contributed by atoms with Gasteiger partial charge in [0.05, 0.1) is 67.1 Å². The SMILES string of the molecule is C=C(Br)C[C@H](CC[C@@]12CC3O[C@H]4[C@@H](O1)[C@H]1O[C@@H](CC(=O)CC5[C@H](CC6O[C@@H](CCC=O)C[C@@H](C)C6=C)O[C@H](CC(CO[Si](C)(C)C(C)(C)C)O[Si](C)(C)C(C)(C)C)[C@@H]5OC)CC[C@@H]1O[C@H]4[C@H]3O2)OC(=O)c1ccccc1. The Balaban J connectivity index is 0.980. The van der Waals surface area contributed by atoms with Crippen LogP contribution in [0.5, 0.6) is 0 Å². The molecule has 0 spiro atoms. The van der Waals surface area contributed by atoms with Gasteiger partial charge >= 0.3 is 5.97 Å². The van der Waals surface area contributed by atoms with Gasteiger partial charge in [0.15, 0.2) is 22.4 Å². The van der Waals surface area contributed by atoms with Gasteiger partial charge in [0.1, 0.15) is 48.7 Å². The maximum atomic E-state index is 14.8. The van der Waals surface area contributed by atoms with Crippen molar-refractivity contribution in [2.24, 2.45) is 11.8 Å². The van der Waals surface area contributed by atoms with Crippen LogP contribution in [-0.2, 0) is 61.1 Å². The average molecular weight is 1160 g/mol. The van der Waals surface area contributed by atoms with E-state index >= 15 is 0 Å². The van der Waals surface area contributed by atoms with Crippen LogP contribution in [-0.4, -0.2) is 146 Å². The van der Waals surface area contributed by atoms with Gasteiger partial charge in [-0.15, -0.1) is 0 Å². The fourth-order valence-corrected chi connectivity index (χ4v) is 15.1. The first-order valence-electron chi connectivity index (χ1n) is 28.4. The van der Waals surface area contributed by atoms with E-state index in [9.17, 15) is 14.4 Å². The van der Waals surface area contributed by atoms with Crippen LogP contribution in [0.25, 0.3) is 0 Å². The second kappa shape index (κ2) is 24.2. The smallest absolute Gasteiger partial charge is 0.338 e. The van der Waals surface area contributed by atoms with Crippen molar-refractivity contribution >= 4 is 50.6 Å². The maximum Gasteiger partial charge on any atom is 0.338 e. The summed E-state index contributed by atoms with van der Waals surface area (Å²) >= 11 is 3.50. The molecule has 1 aromatic rings. The van der Waals surface area contributed by atoms with E-state index in [4.69, 9.17) is 51.5 Å². The molecule has 9 rings (SSSR count). The third-order valence-corrected chi connectivity index (χ3v) is 28.0. The molecule has 8 fully saturated rings. The number of esters is 1. The first-order valence-corrected chi connectivity index (χ1v) is 35.0. The molecule has 4 unspecified atom stereocenters. The molecular formula is C59H91BrO14Si2. The van der Waals surface area contributed by atoms with Gasteiger partial charge < -0.3 is 56.3 Å². The Morgan fingerprint density at radius 3 is 2.20 bits per heavy atom. The van der Waals surface area contributed by atoms with Crippen molar-refractivity contribution in [3.8, 4) is 0 Å². The molecule has 8 saturated heterocycles. The number of ether oxygens (including phenoxy) is 9. The van der Waals surface area contributed by atoms with Crippen molar-refractivity contribution in [2.45, 2.75) is 266 Å². The van der Waals surface area contributed by atoms with Gasteiger partial charge in [-0.3, -0.25) is 4.79 Å². The summed E-state index contributed by atoms with van der Waals surface area (Å²) in [6, 6.07) is 8.99. The van der Waals surface area contributed by atoms with Gasteiger partial charge in [0, 0.05) is 64.4 Å². The highest BCUT2D eigenvalue weighted by molar-refractivity contribution is 9.11. The van der Waals surface area contributed by atoms with Crippen LogP contribution < -0.4 is 0 Å². The van der Waals surface area contributed by atoms with Crippen molar-refractivity contribution in [2.75, 3.05) is 13.7 Å². The summed E-state index contributed by atoms with van der Waals surface area (Å²) in [7, 11) is -2.69. The first-order chi connectivity index (χ1) is 35.7. The summed E-state index contributed by atoms with van der Waals surface area (Å²) in [5.74, 6) is -1.40. The minimum Gasteiger partial charge on any atom is -0.458 e. The third kappa shape index (κ3) is 13.7. The summed E-state index contributed by atoms with van der Waals surface area (Å²) in [4.78, 5) is 39.4. The Kier molecular flexibility index (Phi) is 19.2. The van der Waals surface area contributed by atoms with Crippen LogP contribution in [0.2, 0.25) is 36.3 Å². The van der Waals surface area contributed by atoms with Crippen molar-refractivity contribution in [1.82, 2.24) is 0 Å². The van der Waals surface area contributed by atoms with Crippen molar-refractivity contribution in [3.05, 3.63) is 59.1 Å². The second-order valence-electron chi connectivity index (χ2n) is 26.3. The van der Waals surface area contributed by atoms with Crippen LogP contribution in [0.3, 0.4) is 0 Å². The van der Waals surface area contributed by atoms with E-state index in [0.717, 1.165) is 22.8 Å². The zero-order valence-corrected chi connectivity index (χ0v) is 51.3. The minimum absolute atomic E-state index is 0.0189. The lowest BCUT2D eigenvalue weighted by molar-refractivity contribution is -0.292. The molecule has 18 atom stereocenters. The summed E-state index contributed by atoms with van der Waals surface area (Å²) in [6.45, 7) is 33.8. The molecule has 17 heteroatoms. The highest BCUT2D eigenvalue weighted by atomic mass is 79.9. The molecule has 0 saturated carbocycles. The molecule has 1 aromatic carbocycles. The Bertz CT molecular complexity index is 2200. The van der Waals surface area contributed by atoms with E-state index in [1.165, 1.54) is 0 Å². The van der Waals surface area contributed by atoms with Crippen LogP contribution >= 0.6 is 15.9 Å². The van der Waals surface area contributed by atoms with E-state index in [2.05, 4.69) is 104 Å². The lowest BCUT2D eigenvalue weighted by atomic mass is 9.81. The number of halogens is 1. The molecule has 8 heterocycles. The number of Topliss-reactive ketones (excluding diaryl/α,β-unsaturated/α-hetero) is 1. The number of carbonyl (C=O) groups excluding carboxylic acids is 3. The van der Waals surface area contributed by atoms with Crippen LogP contribution in [0.4, 0.5) is 0 Å². The predicted octanol–water partition coefficient (Wildman–Crippen LogP) is 11.5. The number of aldehydes is 1.